The summed E-state index contributed by atoms with van der Waals surface area (Å²) in [5, 5.41) is 4.80. The largest absolute Gasteiger partial charge is 0.494 e. The zero-order valence-electron chi connectivity index (χ0n) is 16.1. The number of hydrogen-bond acceptors (Lipinski definition) is 6. The number of nitrogen functional groups attached to an aromatic ring is 1. The second-order valence-corrected chi connectivity index (χ2v) is 7.03. The Morgan fingerprint density at radius 2 is 1.96 bits per heavy atom. The Bertz CT molecular complexity index is 986. The molecule has 2 heterocycles. The maximum absolute atomic E-state index is 12.6. The van der Waals surface area contributed by atoms with E-state index in [4.69, 9.17) is 22.1 Å². The van der Waals surface area contributed by atoms with E-state index < -0.39 is 0 Å². The highest BCUT2D eigenvalue weighted by Crippen LogP contribution is 2.17. The summed E-state index contributed by atoms with van der Waals surface area (Å²) >= 11 is 5.85. The fourth-order valence-electron chi connectivity index (χ4n) is 2.91. The molecule has 2 N–H and O–H groups in total. The fraction of sp³-hybridized carbons (Fsp3) is 0.368. The lowest BCUT2D eigenvalue weighted by Gasteiger charge is -2.18. The number of nitrogens with two attached hydrogens (primary N) is 1. The van der Waals surface area contributed by atoms with Crippen molar-refractivity contribution < 1.29 is 9.53 Å². The summed E-state index contributed by atoms with van der Waals surface area (Å²) in [6, 6.07) is 7.21. The quantitative estimate of drug-likeness (QED) is 0.609. The summed E-state index contributed by atoms with van der Waals surface area (Å²) in [4.78, 5) is 22.8. The lowest BCUT2D eigenvalue weighted by molar-refractivity contribution is -0.129. The predicted molar refractivity (Wildman–Crippen MR) is 108 cm³/mol. The second kappa shape index (κ2) is 8.43. The van der Waals surface area contributed by atoms with Gasteiger partial charge in [0, 0.05) is 35.6 Å². The maximum atomic E-state index is 12.6. The first kappa shape index (κ1) is 19.9. The molecule has 0 bridgehead atoms. The number of rotatable bonds is 7. The first-order valence-electron chi connectivity index (χ1n) is 8.96. The van der Waals surface area contributed by atoms with Gasteiger partial charge in [0.1, 0.15) is 5.75 Å². The van der Waals surface area contributed by atoms with Gasteiger partial charge in [-0.1, -0.05) is 11.6 Å². The van der Waals surface area contributed by atoms with Crippen LogP contribution in [0.15, 0.2) is 24.3 Å². The van der Waals surface area contributed by atoms with Crippen molar-refractivity contribution in [2.45, 2.75) is 26.7 Å². The molecule has 28 heavy (non-hydrogen) atoms. The van der Waals surface area contributed by atoms with Crippen LogP contribution in [-0.4, -0.2) is 50.6 Å². The average Bonchev–Trinajstić information content (AvgIpc) is 3.03. The molecule has 0 fully saturated rings. The van der Waals surface area contributed by atoms with E-state index in [1.165, 1.54) is 0 Å². The highest BCUT2D eigenvalue weighted by molar-refractivity contribution is 6.30. The van der Waals surface area contributed by atoms with Crippen molar-refractivity contribution in [1.29, 1.82) is 0 Å². The van der Waals surface area contributed by atoms with Crippen LogP contribution in [0.25, 0.3) is 5.78 Å². The van der Waals surface area contributed by atoms with Crippen molar-refractivity contribution in [3.63, 3.8) is 0 Å². The average molecular weight is 403 g/mol. The Labute approximate surface area is 168 Å². The number of carbonyl (C=O) groups is 1. The number of likely N-dealkylation sites (N-methyl/N-ethyl adjacent to an activating group) is 1. The number of carbonyl (C=O) groups excluding carboxylic acids is 1. The van der Waals surface area contributed by atoms with Gasteiger partial charge < -0.3 is 15.4 Å². The van der Waals surface area contributed by atoms with Crippen LogP contribution in [0.3, 0.4) is 0 Å². The molecule has 0 atom stereocenters. The van der Waals surface area contributed by atoms with E-state index in [0.717, 1.165) is 29.1 Å². The molecule has 0 aliphatic heterocycles. The van der Waals surface area contributed by atoms with Gasteiger partial charge >= 0.3 is 0 Å². The summed E-state index contributed by atoms with van der Waals surface area (Å²) in [5.41, 5.74) is 8.06. The standard InChI is InChI=1S/C19H23ClN6O2/c1-12-16(13(2)26-19(22-12)23-18(21)24-26)11-17(27)25(3)9-4-10-28-15-7-5-14(20)6-8-15/h5-8H,4,9-11H2,1-3H3,(H2,21,24). The third kappa shape index (κ3) is 4.51. The predicted octanol–water partition coefficient (Wildman–Crippen LogP) is 2.45. The van der Waals surface area contributed by atoms with Gasteiger partial charge in [-0.15, -0.1) is 5.10 Å². The number of hydrogen-bond donors (Lipinski definition) is 1. The first-order chi connectivity index (χ1) is 13.3. The molecule has 0 unspecified atom stereocenters. The minimum Gasteiger partial charge on any atom is -0.494 e. The highest BCUT2D eigenvalue weighted by Gasteiger charge is 2.17. The van der Waals surface area contributed by atoms with Gasteiger partial charge in [-0.05, 0) is 44.5 Å². The Morgan fingerprint density at radius 3 is 2.68 bits per heavy atom. The number of fused-ring (bicyclic) bond motifs is 1. The number of benzene rings is 1. The molecule has 2 aromatic heterocycles. The summed E-state index contributed by atoms with van der Waals surface area (Å²) < 4.78 is 7.24. The zero-order valence-corrected chi connectivity index (χ0v) is 16.9. The molecule has 1 aromatic carbocycles. The Balaban J connectivity index is 1.55. The summed E-state index contributed by atoms with van der Waals surface area (Å²) in [5.74, 6) is 1.37. The van der Waals surface area contributed by atoms with Crippen LogP contribution in [0, 0.1) is 13.8 Å². The molecule has 8 nitrogen and oxygen atoms in total. The fourth-order valence-corrected chi connectivity index (χ4v) is 3.04. The zero-order chi connectivity index (χ0) is 20.3. The van der Waals surface area contributed by atoms with E-state index in [2.05, 4.69) is 15.1 Å². The Morgan fingerprint density at radius 1 is 1.25 bits per heavy atom. The van der Waals surface area contributed by atoms with Gasteiger partial charge in [-0.2, -0.15) is 9.50 Å². The van der Waals surface area contributed by atoms with Crippen LogP contribution in [0.4, 0.5) is 5.95 Å². The van der Waals surface area contributed by atoms with Gasteiger partial charge in [0.2, 0.25) is 11.9 Å². The minimum atomic E-state index is 0.00642. The van der Waals surface area contributed by atoms with E-state index in [0.29, 0.717) is 24.0 Å². The molecule has 0 aliphatic rings. The summed E-state index contributed by atoms with van der Waals surface area (Å²) in [7, 11) is 1.79. The van der Waals surface area contributed by atoms with Crippen LogP contribution < -0.4 is 10.5 Å². The van der Waals surface area contributed by atoms with Crippen molar-refractivity contribution in [2.75, 3.05) is 25.9 Å². The van der Waals surface area contributed by atoms with Crippen molar-refractivity contribution in [3.8, 4) is 5.75 Å². The lowest BCUT2D eigenvalue weighted by atomic mass is 10.1. The Kier molecular flexibility index (Phi) is 5.99. The van der Waals surface area contributed by atoms with Crippen LogP contribution in [0.1, 0.15) is 23.4 Å². The number of ether oxygens (including phenoxy) is 1. The topological polar surface area (TPSA) is 98.6 Å². The summed E-state index contributed by atoms with van der Waals surface area (Å²) in [6.07, 6.45) is 0.967. The van der Waals surface area contributed by atoms with Gasteiger partial charge in [0.25, 0.3) is 5.78 Å². The van der Waals surface area contributed by atoms with Gasteiger partial charge in [0.15, 0.2) is 0 Å². The van der Waals surface area contributed by atoms with Crippen LogP contribution >= 0.6 is 11.6 Å². The normalized spacial score (nSPS) is 11.0. The molecule has 3 rings (SSSR count). The SMILES string of the molecule is Cc1nc2nc(N)nn2c(C)c1CC(=O)N(C)CCCOc1ccc(Cl)cc1. The number of aromatic nitrogens is 4. The molecule has 0 spiro atoms. The minimum absolute atomic E-state index is 0.00642. The molecular weight excluding hydrogens is 380 g/mol. The van der Waals surface area contributed by atoms with Crippen molar-refractivity contribution >= 4 is 29.2 Å². The lowest BCUT2D eigenvalue weighted by Crippen LogP contribution is -2.30. The molecule has 1 amide bonds. The van der Waals surface area contributed by atoms with Crippen LogP contribution in [0.2, 0.25) is 5.02 Å². The molecular formula is C19H23ClN6O2. The van der Waals surface area contributed by atoms with Gasteiger partial charge in [-0.3, -0.25) is 4.79 Å². The molecule has 0 radical (unpaired) electrons. The van der Waals surface area contributed by atoms with Crippen LogP contribution in [0.5, 0.6) is 5.75 Å². The number of halogens is 1. The van der Waals surface area contributed by atoms with Crippen LogP contribution in [-0.2, 0) is 11.2 Å². The smallest absolute Gasteiger partial charge is 0.254 e. The molecule has 0 saturated carbocycles. The summed E-state index contributed by atoms with van der Waals surface area (Å²) in [6.45, 7) is 4.86. The van der Waals surface area contributed by atoms with Crippen molar-refractivity contribution in [1.82, 2.24) is 24.5 Å². The third-order valence-corrected chi connectivity index (χ3v) is 4.79. The molecule has 148 valence electrons. The monoisotopic (exact) mass is 402 g/mol. The number of amides is 1. The molecule has 0 saturated heterocycles. The second-order valence-electron chi connectivity index (χ2n) is 6.59. The van der Waals surface area contributed by atoms with E-state index in [1.54, 1.807) is 28.6 Å². The van der Waals surface area contributed by atoms with Crippen molar-refractivity contribution in [2.24, 2.45) is 0 Å². The van der Waals surface area contributed by atoms with Crippen molar-refractivity contribution in [3.05, 3.63) is 46.2 Å². The van der Waals surface area contributed by atoms with Gasteiger partial charge in [-0.25, -0.2) is 4.98 Å². The number of aryl methyl sites for hydroxylation is 2. The maximum Gasteiger partial charge on any atom is 0.254 e. The Hall–Kier alpha value is -2.87. The van der Waals surface area contributed by atoms with E-state index in [1.807, 2.05) is 26.0 Å². The number of nitrogens with zero attached hydrogens (tertiary/aromatic N) is 5. The van der Waals surface area contributed by atoms with Gasteiger partial charge in [0.05, 0.1) is 13.0 Å². The highest BCUT2D eigenvalue weighted by atomic mass is 35.5. The van der Waals surface area contributed by atoms with E-state index in [9.17, 15) is 4.79 Å². The molecule has 0 aliphatic carbocycles. The molecule has 3 aromatic rings. The number of anilines is 1. The van der Waals surface area contributed by atoms with E-state index >= 15 is 0 Å². The van der Waals surface area contributed by atoms with E-state index in [-0.39, 0.29) is 18.3 Å². The third-order valence-electron chi connectivity index (χ3n) is 4.54. The first-order valence-corrected chi connectivity index (χ1v) is 9.33. The molecule has 9 heteroatoms.